The molecule has 0 atom stereocenters. The first-order valence-electron chi connectivity index (χ1n) is 7.50. The van der Waals surface area contributed by atoms with Crippen LogP contribution >= 0.6 is 11.6 Å². The fourth-order valence-electron chi connectivity index (χ4n) is 2.10. The first-order valence-corrected chi connectivity index (χ1v) is 7.88. The van der Waals surface area contributed by atoms with Crippen LogP contribution in [0.2, 0.25) is 5.02 Å². The summed E-state index contributed by atoms with van der Waals surface area (Å²) in [7, 11) is 1.57. The van der Waals surface area contributed by atoms with Gasteiger partial charge in [0.05, 0.1) is 13.0 Å². The number of carbonyl (C=O) groups excluding carboxylic acids is 2. The minimum absolute atomic E-state index is 0.158. The second kappa shape index (κ2) is 9.05. The lowest BCUT2D eigenvalue weighted by Gasteiger charge is -2.08. The molecular weight excluding hydrogens is 328 g/mol. The predicted molar refractivity (Wildman–Crippen MR) is 94.4 cm³/mol. The third kappa shape index (κ3) is 5.68. The maximum absolute atomic E-state index is 12.1. The fourth-order valence-corrected chi connectivity index (χ4v) is 2.23. The standard InChI is InChI=1S/C18H19ClN2O3/c1-24-10-9-20-18(23)14-3-2-4-16(12-14)21-17(22)11-13-5-7-15(19)8-6-13/h2-8,12H,9-11H2,1H3,(H,20,23)(H,21,22). The normalized spacial score (nSPS) is 10.2. The molecule has 2 amide bonds. The van der Waals surface area contributed by atoms with Crippen molar-refractivity contribution in [3.05, 3.63) is 64.7 Å². The largest absolute Gasteiger partial charge is 0.383 e. The van der Waals surface area contributed by atoms with Crippen LogP contribution in [0.15, 0.2) is 48.5 Å². The van der Waals surface area contributed by atoms with Gasteiger partial charge < -0.3 is 15.4 Å². The second-order valence-electron chi connectivity index (χ2n) is 5.18. The van der Waals surface area contributed by atoms with Gasteiger partial charge in [0.15, 0.2) is 0 Å². The number of ether oxygens (including phenoxy) is 1. The molecule has 0 saturated carbocycles. The Kier molecular flexibility index (Phi) is 6.78. The lowest BCUT2D eigenvalue weighted by molar-refractivity contribution is -0.115. The number of hydrogen-bond acceptors (Lipinski definition) is 3. The molecule has 0 saturated heterocycles. The Balaban J connectivity index is 1.94. The van der Waals surface area contributed by atoms with Crippen LogP contribution in [0.1, 0.15) is 15.9 Å². The average Bonchev–Trinajstić information content (AvgIpc) is 2.57. The minimum Gasteiger partial charge on any atom is -0.383 e. The molecule has 0 unspecified atom stereocenters. The molecule has 0 aliphatic heterocycles. The van der Waals surface area contributed by atoms with Crippen molar-refractivity contribution in [3.63, 3.8) is 0 Å². The van der Waals surface area contributed by atoms with Crippen LogP contribution in [0.25, 0.3) is 0 Å². The smallest absolute Gasteiger partial charge is 0.251 e. The van der Waals surface area contributed by atoms with Crippen molar-refractivity contribution in [1.82, 2.24) is 5.32 Å². The highest BCUT2D eigenvalue weighted by Crippen LogP contribution is 2.13. The molecule has 2 aromatic rings. The van der Waals surface area contributed by atoms with Crippen molar-refractivity contribution in [1.29, 1.82) is 0 Å². The molecule has 6 heteroatoms. The highest BCUT2D eigenvalue weighted by atomic mass is 35.5. The molecule has 0 heterocycles. The molecule has 0 fully saturated rings. The van der Waals surface area contributed by atoms with Crippen LogP contribution in [0.5, 0.6) is 0 Å². The molecule has 0 aromatic heterocycles. The van der Waals surface area contributed by atoms with Crippen molar-refractivity contribution in [2.75, 3.05) is 25.6 Å². The van der Waals surface area contributed by atoms with E-state index < -0.39 is 0 Å². The maximum Gasteiger partial charge on any atom is 0.251 e. The van der Waals surface area contributed by atoms with Gasteiger partial charge in [-0.1, -0.05) is 29.8 Å². The van der Waals surface area contributed by atoms with Gasteiger partial charge in [0.2, 0.25) is 5.91 Å². The summed E-state index contributed by atoms with van der Waals surface area (Å²) in [5, 5.41) is 6.16. The summed E-state index contributed by atoms with van der Waals surface area (Å²) in [5.74, 6) is -0.366. The summed E-state index contributed by atoms with van der Waals surface area (Å²) in [4.78, 5) is 24.1. The van der Waals surface area contributed by atoms with Gasteiger partial charge in [-0.2, -0.15) is 0 Å². The lowest BCUT2D eigenvalue weighted by atomic mass is 10.1. The molecule has 0 bridgehead atoms. The highest BCUT2D eigenvalue weighted by molar-refractivity contribution is 6.30. The number of benzene rings is 2. The molecule has 5 nitrogen and oxygen atoms in total. The number of rotatable bonds is 7. The molecule has 24 heavy (non-hydrogen) atoms. The summed E-state index contributed by atoms with van der Waals surface area (Å²) >= 11 is 5.82. The van der Waals surface area contributed by atoms with Gasteiger partial charge in [-0.25, -0.2) is 0 Å². The summed E-state index contributed by atoms with van der Waals surface area (Å²) in [6.45, 7) is 0.881. The molecule has 2 aromatic carbocycles. The van der Waals surface area contributed by atoms with Crippen molar-refractivity contribution in [3.8, 4) is 0 Å². The van der Waals surface area contributed by atoms with Crippen molar-refractivity contribution < 1.29 is 14.3 Å². The third-order valence-electron chi connectivity index (χ3n) is 3.28. The number of carbonyl (C=O) groups is 2. The average molecular weight is 347 g/mol. The molecule has 126 valence electrons. The molecule has 0 aliphatic carbocycles. The predicted octanol–water partition coefficient (Wildman–Crippen LogP) is 2.90. The topological polar surface area (TPSA) is 67.4 Å². The van der Waals surface area contributed by atoms with E-state index in [1.165, 1.54) is 0 Å². The SMILES string of the molecule is COCCNC(=O)c1cccc(NC(=O)Cc2ccc(Cl)cc2)c1. The number of nitrogens with one attached hydrogen (secondary N) is 2. The molecular formula is C18H19ClN2O3. The van der Waals surface area contributed by atoms with E-state index in [9.17, 15) is 9.59 Å². The Morgan fingerprint density at radius 3 is 2.58 bits per heavy atom. The molecule has 2 N–H and O–H groups in total. The zero-order chi connectivity index (χ0) is 17.4. The summed E-state index contributed by atoms with van der Waals surface area (Å²) in [6, 6.07) is 13.9. The van der Waals surface area contributed by atoms with Crippen LogP contribution in [0.3, 0.4) is 0 Å². The van der Waals surface area contributed by atoms with Gasteiger partial charge in [0, 0.05) is 29.9 Å². The van der Waals surface area contributed by atoms with Gasteiger partial charge in [-0.05, 0) is 35.9 Å². The van der Waals surface area contributed by atoms with E-state index in [4.69, 9.17) is 16.3 Å². The minimum atomic E-state index is -0.208. The third-order valence-corrected chi connectivity index (χ3v) is 3.53. The molecule has 0 radical (unpaired) electrons. The number of anilines is 1. The van der Waals surface area contributed by atoms with E-state index in [-0.39, 0.29) is 18.2 Å². The quantitative estimate of drug-likeness (QED) is 0.757. The number of halogens is 1. The first-order chi connectivity index (χ1) is 11.6. The first kappa shape index (κ1) is 18.0. The Hall–Kier alpha value is -2.37. The second-order valence-corrected chi connectivity index (χ2v) is 5.62. The van der Waals surface area contributed by atoms with Gasteiger partial charge in [0.1, 0.15) is 0 Å². The highest BCUT2D eigenvalue weighted by Gasteiger charge is 2.08. The number of methoxy groups -OCH3 is 1. The molecule has 2 rings (SSSR count). The van der Waals surface area contributed by atoms with Crippen molar-refractivity contribution in [2.24, 2.45) is 0 Å². The van der Waals surface area contributed by atoms with Crippen LogP contribution in [0, 0.1) is 0 Å². The van der Waals surface area contributed by atoms with E-state index in [1.54, 1.807) is 43.5 Å². The van der Waals surface area contributed by atoms with Crippen LogP contribution in [-0.2, 0) is 16.0 Å². The zero-order valence-electron chi connectivity index (χ0n) is 13.3. The van der Waals surface area contributed by atoms with Crippen molar-refractivity contribution >= 4 is 29.1 Å². The van der Waals surface area contributed by atoms with Gasteiger partial charge in [-0.15, -0.1) is 0 Å². The van der Waals surface area contributed by atoms with E-state index in [0.29, 0.717) is 29.4 Å². The zero-order valence-corrected chi connectivity index (χ0v) is 14.1. The Bertz CT molecular complexity index is 702. The van der Waals surface area contributed by atoms with E-state index in [1.807, 2.05) is 12.1 Å². The van der Waals surface area contributed by atoms with E-state index in [0.717, 1.165) is 5.56 Å². The monoisotopic (exact) mass is 346 g/mol. The summed E-state index contributed by atoms with van der Waals surface area (Å²) < 4.78 is 4.89. The lowest BCUT2D eigenvalue weighted by Crippen LogP contribution is -2.27. The van der Waals surface area contributed by atoms with Crippen LogP contribution in [-0.4, -0.2) is 32.1 Å². The Labute approximate surface area is 146 Å². The molecule has 0 spiro atoms. The van der Waals surface area contributed by atoms with Crippen molar-refractivity contribution in [2.45, 2.75) is 6.42 Å². The van der Waals surface area contributed by atoms with Crippen LogP contribution in [0.4, 0.5) is 5.69 Å². The van der Waals surface area contributed by atoms with Gasteiger partial charge in [0.25, 0.3) is 5.91 Å². The van der Waals surface area contributed by atoms with Gasteiger partial charge in [-0.3, -0.25) is 9.59 Å². The summed E-state index contributed by atoms with van der Waals surface area (Å²) in [6.07, 6.45) is 0.238. The molecule has 0 aliphatic rings. The Morgan fingerprint density at radius 2 is 1.88 bits per heavy atom. The van der Waals surface area contributed by atoms with Gasteiger partial charge >= 0.3 is 0 Å². The van der Waals surface area contributed by atoms with E-state index in [2.05, 4.69) is 10.6 Å². The number of hydrogen-bond donors (Lipinski definition) is 2. The maximum atomic E-state index is 12.1. The summed E-state index contributed by atoms with van der Waals surface area (Å²) in [5.41, 5.74) is 1.93. The number of amides is 2. The Morgan fingerprint density at radius 1 is 1.12 bits per heavy atom. The fraction of sp³-hybridized carbons (Fsp3) is 0.222. The van der Waals surface area contributed by atoms with E-state index >= 15 is 0 Å². The van der Waals surface area contributed by atoms with Crippen LogP contribution < -0.4 is 10.6 Å².